The van der Waals surface area contributed by atoms with Gasteiger partial charge < -0.3 is 4.90 Å². The molecular formula is C18H25N7O. The molecule has 0 N–H and O–H groups in total. The van der Waals surface area contributed by atoms with Gasteiger partial charge in [0.2, 0.25) is 0 Å². The Morgan fingerprint density at radius 1 is 1.00 bits per heavy atom. The van der Waals surface area contributed by atoms with Crippen LogP contribution in [0.5, 0.6) is 0 Å². The van der Waals surface area contributed by atoms with Crippen molar-refractivity contribution in [3.05, 3.63) is 42.2 Å². The molecule has 2 aliphatic heterocycles. The Balaban J connectivity index is 1.28. The Bertz CT molecular complexity index is 718. The second-order valence-electron chi connectivity index (χ2n) is 7.02. The number of rotatable bonds is 4. The molecule has 2 aromatic rings. The summed E-state index contributed by atoms with van der Waals surface area (Å²) in [5.74, 6) is 0. The standard InChI is InChI=1S/C18H25N7O/c26-18(25-13-16(11-21-25)12-22-5-1-2-6-22)24-9-7-23(8-10-24)14-17-3-4-19-15-20-17/h3-4,11,13,15H,1-2,5-10,12,14H2. The number of carbonyl (C=O) groups excluding carboxylic acids is 1. The first kappa shape index (κ1) is 17.1. The van der Waals surface area contributed by atoms with Gasteiger partial charge in [-0.2, -0.15) is 9.78 Å². The van der Waals surface area contributed by atoms with E-state index in [-0.39, 0.29) is 6.03 Å². The zero-order valence-corrected chi connectivity index (χ0v) is 15.0. The van der Waals surface area contributed by atoms with E-state index in [0.717, 1.165) is 50.5 Å². The van der Waals surface area contributed by atoms with E-state index >= 15 is 0 Å². The average Bonchev–Trinajstić information content (AvgIpc) is 3.35. The smallest absolute Gasteiger partial charge is 0.320 e. The quantitative estimate of drug-likeness (QED) is 0.817. The normalized spacial score (nSPS) is 19.2. The summed E-state index contributed by atoms with van der Waals surface area (Å²) in [5.41, 5.74) is 2.13. The third kappa shape index (κ3) is 4.08. The first-order valence-electron chi connectivity index (χ1n) is 9.30. The van der Waals surface area contributed by atoms with E-state index in [2.05, 4.69) is 24.9 Å². The molecule has 2 saturated heterocycles. The molecule has 2 aromatic heterocycles. The highest BCUT2D eigenvalue weighted by molar-refractivity contribution is 5.76. The highest BCUT2D eigenvalue weighted by Crippen LogP contribution is 2.13. The van der Waals surface area contributed by atoms with E-state index in [1.807, 2.05) is 23.4 Å². The van der Waals surface area contributed by atoms with Crippen molar-refractivity contribution in [1.29, 1.82) is 0 Å². The maximum atomic E-state index is 12.7. The number of piperazine rings is 1. The van der Waals surface area contributed by atoms with Gasteiger partial charge in [0.25, 0.3) is 0 Å². The fourth-order valence-corrected chi connectivity index (χ4v) is 3.63. The molecule has 0 bridgehead atoms. The van der Waals surface area contributed by atoms with Crippen molar-refractivity contribution in [2.45, 2.75) is 25.9 Å². The molecule has 0 atom stereocenters. The first-order chi connectivity index (χ1) is 12.8. The van der Waals surface area contributed by atoms with Crippen molar-refractivity contribution < 1.29 is 4.79 Å². The predicted octanol–water partition coefficient (Wildman–Crippen LogP) is 1.05. The van der Waals surface area contributed by atoms with Gasteiger partial charge >= 0.3 is 6.03 Å². The van der Waals surface area contributed by atoms with E-state index in [1.54, 1.807) is 12.5 Å². The van der Waals surface area contributed by atoms with E-state index < -0.39 is 0 Å². The van der Waals surface area contributed by atoms with E-state index in [9.17, 15) is 4.79 Å². The van der Waals surface area contributed by atoms with Crippen LogP contribution < -0.4 is 0 Å². The number of nitrogens with zero attached hydrogens (tertiary/aromatic N) is 7. The largest absolute Gasteiger partial charge is 0.344 e. The van der Waals surface area contributed by atoms with Gasteiger partial charge in [-0.25, -0.2) is 14.8 Å². The summed E-state index contributed by atoms with van der Waals surface area (Å²) in [6.45, 7) is 7.10. The van der Waals surface area contributed by atoms with Gasteiger partial charge in [-0.05, 0) is 32.0 Å². The number of likely N-dealkylation sites (tertiary alicyclic amines) is 1. The summed E-state index contributed by atoms with van der Waals surface area (Å²) in [5, 5.41) is 4.29. The lowest BCUT2D eigenvalue weighted by Crippen LogP contribution is -2.49. The van der Waals surface area contributed by atoms with E-state index in [4.69, 9.17) is 0 Å². The van der Waals surface area contributed by atoms with Gasteiger partial charge in [0.05, 0.1) is 11.9 Å². The fourth-order valence-electron chi connectivity index (χ4n) is 3.63. The third-order valence-electron chi connectivity index (χ3n) is 5.11. The van der Waals surface area contributed by atoms with Gasteiger partial charge in [-0.3, -0.25) is 9.80 Å². The molecule has 2 aliphatic rings. The summed E-state index contributed by atoms with van der Waals surface area (Å²) in [4.78, 5) is 27.5. The van der Waals surface area contributed by atoms with Crippen LogP contribution in [0.4, 0.5) is 4.79 Å². The molecule has 0 aliphatic carbocycles. The van der Waals surface area contributed by atoms with Crippen LogP contribution in [0, 0.1) is 0 Å². The van der Waals surface area contributed by atoms with Crippen molar-refractivity contribution in [3.8, 4) is 0 Å². The zero-order valence-electron chi connectivity index (χ0n) is 15.0. The average molecular weight is 355 g/mol. The zero-order chi connectivity index (χ0) is 17.8. The van der Waals surface area contributed by atoms with Crippen LogP contribution in [0.2, 0.25) is 0 Å². The lowest BCUT2D eigenvalue weighted by atomic mass is 10.3. The van der Waals surface area contributed by atoms with Gasteiger partial charge in [0.1, 0.15) is 6.33 Å². The SMILES string of the molecule is O=C(N1CCN(Cc2ccncn2)CC1)n1cc(CN2CCCC2)cn1. The Morgan fingerprint density at radius 2 is 1.77 bits per heavy atom. The van der Waals surface area contributed by atoms with Crippen molar-refractivity contribution in [2.24, 2.45) is 0 Å². The molecule has 0 spiro atoms. The summed E-state index contributed by atoms with van der Waals surface area (Å²) < 4.78 is 1.49. The molecule has 138 valence electrons. The number of aromatic nitrogens is 4. The van der Waals surface area contributed by atoms with Crippen molar-refractivity contribution in [1.82, 2.24) is 34.4 Å². The Morgan fingerprint density at radius 3 is 2.50 bits per heavy atom. The van der Waals surface area contributed by atoms with E-state index in [0.29, 0.717) is 13.1 Å². The molecule has 0 unspecified atom stereocenters. The number of hydrogen-bond donors (Lipinski definition) is 0. The third-order valence-corrected chi connectivity index (χ3v) is 5.11. The molecule has 8 heteroatoms. The molecule has 8 nitrogen and oxygen atoms in total. The lowest BCUT2D eigenvalue weighted by Gasteiger charge is -2.34. The summed E-state index contributed by atoms with van der Waals surface area (Å²) >= 11 is 0. The molecule has 1 amide bonds. The Labute approximate surface area is 153 Å². The van der Waals surface area contributed by atoms with Gasteiger partial charge in [-0.1, -0.05) is 0 Å². The highest BCUT2D eigenvalue weighted by atomic mass is 16.2. The topological polar surface area (TPSA) is 70.4 Å². The number of hydrogen-bond acceptors (Lipinski definition) is 6. The second-order valence-corrected chi connectivity index (χ2v) is 7.02. The molecular weight excluding hydrogens is 330 g/mol. The molecule has 0 aromatic carbocycles. The van der Waals surface area contributed by atoms with E-state index in [1.165, 1.54) is 17.5 Å². The Hall–Kier alpha value is -2.32. The number of carbonyl (C=O) groups is 1. The highest BCUT2D eigenvalue weighted by Gasteiger charge is 2.23. The van der Waals surface area contributed by atoms with Crippen LogP contribution in [-0.2, 0) is 13.1 Å². The fraction of sp³-hybridized carbons (Fsp3) is 0.556. The molecule has 4 rings (SSSR count). The second kappa shape index (κ2) is 7.92. The monoisotopic (exact) mass is 355 g/mol. The van der Waals surface area contributed by atoms with Crippen LogP contribution in [-0.4, -0.2) is 79.7 Å². The van der Waals surface area contributed by atoms with Crippen LogP contribution >= 0.6 is 0 Å². The molecule has 0 radical (unpaired) electrons. The molecule has 26 heavy (non-hydrogen) atoms. The summed E-state index contributed by atoms with van der Waals surface area (Å²) in [6.07, 6.45) is 9.58. The van der Waals surface area contributed by atoms with Crippen LogP contribution in [0.1, 0.15) is 24.1 Å². The van der Waals surface area contributed by atoms with Crippen molar-refractivity contribution in [3.63, 3.8) is 0 Å². The number of amides is 1. The lowest BCUT2D eigenvalue weighted by molar-refractivity contribution is 0.133. The minimum absolute atomic E-state index is 0.0284. The maximum absolute atomic E-state index is 12.7. The van der Waals surface area contributed by atoms with Crippen molar-refractivity contribution in [2.75, 3.05) is 39.3 Å². The van der Waals surface area contributed by atoms with Crippen molar-refractivity contribution >= 4 is 6.03 Å². The summed E-state index contributed by atoms with van der Waals surface area (Å²) in [6, 6.07) is 1.91. The molecule has 0 saturated carbocycles. The Kier molecular flexibility index (Phi) is 5.21. The van der Waals surface area contributed by atoms with Crippen LogP contribution in [0.3, 0.4) is 0 Å². The molecule has 2 fully saturated rings. The van der Waals surface area contributed by atoms with Crippen LogP contribution in [0.25, 0.3) is 0 Å². The molecule has 4 heterocycles. The minimum atomic E-state index is -0.0284. The minimum Gasteiger partial charge on any atom is -0.320 e. The van der Waals surface area contributed by atoms with Crippen LogP contribution in [0.15, 0.2) is 31.0 Å². The van der Waals surface area contributed by atoms with Gasteiger partial charge in [0, 0.05) is 57.2 Å². The van der Waals surface area contributed by atoms with Gasteiger partial charge in [0.15, 0.2) is 0 Å². The maximum Gasteiger partial charge on any atom is 0.344 e. The summed E-state index contributed by atoms with van der Waals surface area (Å²) in [7, 11) is 0. The first-order valence-corrected chi connectivity index (χ1v) is 9.30. The predicted molar refractivity (Wildman–Crippen MR) is 96.4 cm³/mol. The van der Waals surface area contributed by atoms with Gasteiger partial charge in [-0.15, -0.1) is 0 Å².